The second kappa shape index (κ2) is 7.67. The number of phenols is 1. The fourth-order valence-electron chi connectivity index (χ4n) is 3.14. The van der Waals surface area contributed by atoms with Crippen LogP contribution in [-0.2, 0) is 9.59 Å². The normalized spacial score (nSPS) is 15.5. The van der Waals surface area contributed by atoms with Crippen molar-refractivity contribution in [1.29, 1.82) is 0 Å². The van der Waals surface area contributed by atoms with Crippen molar-refractivity contribution in [2.24, 2.45) is 0 Å². The van der Waals surface area contributed by atoms with Crippen LogP contribution in [0, 0.1) is 13.8 Å². The average Bonchev–Trinajstić information content (AvgIpc) is 2.65. The maximum Gasteiger partial charge on any atom is 0.335 e. The van der Waals surface area contributed by atoms with E-state index in [1.165, 1.54) is 32.4 Å². The molecule has 29 heavy (non-hydrogen) atoms. The summed E-state index contributed by atoms with van der Waals surface area (Å²) in [6, 6.07) is 7.36. The van der Waals surface area contributed by atoms with E-state index >= 15 is 0 Å². The second-order valence-corrected chi connectivity index (χ2v) is 6.58. The van der Waals surface area contributed by atoms with Gasteiger partial charge >= 0.3 is 6.03 Å². The molecule has 1 saturated heterocycles. The van der Waals surface area contributed by atoms with Crippen LogP contribution in [0.3, 0.4) is 0 Å². The molecule has 1 fully saturated rings. The lowest BCUT2D eigenvalue weighted by Gasteiger charge is -2.27. The Hall–Kier alpha value is -3.81. The molecule has 4 amide bonds. The summed E-state index contributed by atoms with van der Waals surface area (Å²) in [4.78, 5) is 38.6. The van der Waals surface area contributed by atoms with Gasteiger partial charge in [-0.15, -0.1) is 0 Å². The third kappa shape index (κ3) is 3.77. The van der Waals surface area contributed by atoms with Gasteiger partial charge in [0.15, 0.2) is 11.5 Å². The molecule has 0 aliphatic carbocycles. The number of aryl methyl sites for hydroxylation is 2. The largest absolute Gasteiger partial charge is 0.502 e. The van der Waals surface area contributed by atoms with E-state index in [9.17, 15) is 19.5 Å². The zero-order valence-corrected chi connectivity index (χ0v) is 16.4. The molecular weight excluding hydrogens is 376 g/mol. The van der Waals surface area contributed by atoms with Gasteiger partial charge in [-0.3, -0.25) is 14.9 Å². The van der Waals surface area contributed by atoms with E-state index in [1.54, 1.807) is 12.1 Å². The number of methoxy groups -OCH3 is 2. The smallest absolute Gasteiger partial charge is 0.335 e. The summed E-state index contributed by atoms with van der Waals surface area (Å²) >= 11 is 0. The van der Waals surface area contributed by atoms with E-state index in [0.717, 1.165) is 16.0 Å². The minimum atomic E-state index is -0.817. The molecular formula is C21H20N2O6. The Bertz CT molecular complexity index is 1010. The summed E-state index contributed by atoms with van der Waals surface area (Å²) in [6.07, 6.45) is 1.31. The molecule has 0 aromatic heterocycles. The second-order valence-electron chi connectivity index (χ2n) is 6.58. The van der Waals surface area contributed by atoms with Crippen LogP contribution in [-0.4, -0.2) is 37.2 Å². The van der Waals surface area contributed by atoms with Gasteiger partial charge < -0.3 is 14.6 Å². The van der Waals surface area contributed by atoms with Crippen LogP contribution >= 0.6 is 0 Å². The van der Waals surface area contributed by atoms with E-state index in [0.29, 0.717) is 11.3 Å². The first-order chi connectivity index (χ1) is 13.7. The standard InChI is InChI=1S/C21H20N2O6/c1-11-5-12(2)7-14(6-11)23-20(26)15(19(25)22-21(23)27)8-13-9-16(28-3)18(24)17(10-13)29-4/h5-10,24H,1-4H3,(H,22,25,27)/b15-8+. The first-order valence-corrected chi connectivity index (χ1v) is 8.70. The van der Waals surface area contributed by atoms with Crippen molar-refractivity contribution in [3.05, 3.63) is 52.6 Å². The Kier molecular flexibility index (Phi) is 5.27. The number of benzene rings is 2. The molecule has 8 heteroatoms. The number of amides is 4. The number of nitrogens with one attached hydrogen (secondary N) is 1. The maximum absolute atomic E-state index is 13.0. The summed E-state index contributed by atoms with van der Waals surface area (Å²) < 4.78 is 10.2. The molecule has 1 heterocycles. The average molecular weight is 396 g/mol. The Balaban J connectivity index is 2.08. The number of carbonyl (C=O) groups excluding carboxylic acids is 3. The van der Waals surface area contributed by atoms with Crippen molar-refractivity contribution in [2.75, 3.05) is 19.1 Å². The van der Waals surface area contributed by atoms with Gasteiger partial charge in [-0.05, 0) is 60.9 Å². The van der Waals surface area contributed by atoms with Gasteiger partial charge in [-0.1, -0.05) is 6.07 Å². The lowest BCUT2D eigenvalue weighted by atomic mass is 10.0. The minimum Gasteiger partial charge on any atom is -0.502 e. The summed E-state index contributed by atoms with van der Waals surface area (Å²) in [5.41, 5.74) is 2.25. The van der Waals surface area contributed by atoms with Crippen LogP contribution in [0.5, 0.6) is 17.2 Å². The van der Waals surface area contributed by atoms with E-state index in [4.69, 9.17) is 9.47 Å². The molecule has 8 nitrogen and oxygen atoms in total. The lowest BCUT2D eigenvalue weighted by Crippen LogP contribution is -2.54. The zero-order chi connectivity index (χ0) is 21.3. The lowest BCUT2D eigenvalue weighted by molar-refractivity contribution is -0.122. The first-order valence-electron chi connectivity index (χ1n) is 8.70. The van der Waals surface area contributed by atoms with Crippen molar-refractivity contribution in [3.8, 4) is 17.2 Å². The molecule has 0 atom stereocenters. The monoisotopic (exact) mass is 396 g/mol. The van der Waals surface area contributed by atoms with Crippen molar-refractivity contribution in [2.45, 2.75) is 13.8 Å². The van der Waals surface area contributed by atoms with Crippen LogP contribution < -0.4 is 19.7 Å². The molecule has 3 rings (SSSR count). The molecule has 0 saturated carbocycles. The summed E-state index contributed by atoms with van der Waals surface area (Å²) in [5.74, 6) is -1.55. The Labute approximate surface area is 167 Å². The van der Waals surface area contributed by atoms with E-state index in [2.05, 4.69) is 5.32 Å². The van der Waals surface area contributed by atoms with Crippen molar-refractivity contribution in [1.82, 2.24) is 5.32 Å². The highest BCUT2D eigenvalue weighted by Crippen LogP contribution is 2.38. The first kappa shape index (κ1) is 19.9. The molecule has 2 aromatic rings. The highest BCUT2D eigenvalue weighted by molar-refractivity contribution is 6.39. The number of hydrogen-bond acceptors (Lipinski definition) is 6. The fourth-order valence-corrected chi connectivity index (χ4v) is 3.14. The molecule has 2 aromatic carbocycles. The number of nitrogens with zero attached hydrogens (tertiary/aromatic N) is 1. The van der Waals surface area contributed by atoms with Crippen molar-refractivity contribution in [3.63, 3.8) is 0 Å². The summed E-state index contributed by atoms with van der Waals surface area (Å²) in [6.45, 7) is 3.69. The molecule has 1 aliphatic heterocycles. The molecule has 2 N–H and O–H groups in total. The van der Waals surface area contributed by atoms with Gasteiger partial charge in [-0.25, -0.2) is 9.69 Å². The van der Waals surface area contributed by atoms with Gasteiger partial charge in [0, 0.05) is 0 Å². The number of anilines is 1. The molecule has 150 valence electrons. The number of rotatable bonds is 4. The third-order valence-corrected chi connectivity index (χ3v) is 4.38. The number of urea groups is 1. The number of barbiturate groups is 1. The Morgan fingerprint density at radius 1 is 0.931 bits per heavy atom. The van der Waals surface area contributed by atoms with Crippen LogP contribution in [0.1, 0.15) is 16.7 Å². The maximum atomic E-state index is 13.0. The van der Waals surface area contributed by atoms with Crippen LogP contribution in [0.15, 0.2) is 35.9 Å². The topological polar surface area (TPSA) is 105 Å². The Morgan fingerprint density at radius 2 is 1.48 bits per heavy atom. The third-order valence-electron chi connectivity index (χ3n) is 4.38. The van der Waals surface area contributed by atoms with Gasteiger partial charge in [0.1, 0.15) is 5.57 Å². The quantitative estimate of drug-likeness (QED) is 0.608. The number of hydrogen-bond donors (Lipinski definition) is 2. The fraction of sp³-hybridized carbons (Fsp3) is 0.190. The van der Waals surface area contributed by atoms with Gasteiger partial charge in [0.25, 0.3) is 11.8 Å². The summed E-state index contributed by atoms with van der Waals surface area (Å²) in [5, 5.41) is 12.2. The van der Waals surface area contributed by atoms with Gasteiger partial charge in [0.2, 0.25) is 5.75 Å². The van der Waals surface area contributed by atoms with Crippen LogP contribution in [0.2, 0.25) is 0 Å². The number of carbonyl (C=O) groups is 3. The number of ether oxygens (including phenoxy) is 2. The van der Waals surface area contributed by atoms with Gasteiger partial charge in [-0.2, -0.15) is 0 Å². The minimum absolute atomic E-state index is 0.113. The molecule has 0 spiro atoms. The summed E-state index contributed by atoms with van der Waals surface area (Å²) in [7, 11) is 2.73. The van der Waals surface area contributed by atoms with Crippen LogP contribution in [0.4, 0.5) is 10.5 Å². The molecule has 0 radical (unpaired) electrons. The number of phenolic OH excluding ortho intramolecular Hbond substituents is 1. The molecule has 0 unspecified atom stereocenters. The zero-order valence-electron chi connectivity index (χ0n) is 16.4. The van der Waals surface area contributed by atoms with E-state index in [-0.39, 0.29) is 22.8 Å². The Morgan fingerprint density at radius 3 is 2.00 bits per heavy atom. The van der Waals surface area contributed by atoms with Crippen molar-refractivity contribution >= 4 is 29.6 Å². The number of imide groups is 2. The number of aromatic hydroxyl groups is 1. The highest BCUT2D eigenvalue weighted by Gasteiger charge is 2.37. The predicted molar refractivity (Wildman–Crippen MR) is 106 cm³/mol. The molecule has 0 bridgehead atoms. The van der Waals surface area contributed by atoms with Crippen LogP contribution in [0.25, 0.3) is 6.08 Å². The van der Waals surface area contributed by atoms with E-state index in [1.807, 2.05) is 19.9 Å². The highest BCUT2D eigenvalue weighted by atomic mass is 16.5. The van der Waals surface area contributed by atoms with Gasteiger partial charge in [0.05, 0.1) is 19.9 Å². The molecule has 1 aliphatic rings. The van der Waals surface area contributed by atoms with E-state index < -0.39 is 17.8 Å². The predicted octanol–water partition coefficient (Wildman–Crippen LogP) is 2.69. The van der Waals surface area contributed by atoms with Crippen molar-refractivity contribution < 1.29 is 29.0 Å². The SMILES string of the molecule is COc1cc(/C=C2\C(=O)NC(=O)N(c3cc(C)cc(C)c3)C2=O)cc(OC)c1O.